The first-order chi connectivity index (χ1) is 16.7. The molecule has 0 aliphatic carbocycles. The van der Waals surface area contributed by atoms with Gasteiger partial charge in [0, 0.05) is 41.6 Å². The van der Waals surface area contributed by atoms with Gasteiger partial charge in [-0.2, -0.15) is 0 Å². The number of rotatable bonds is 5. The molecule has 2 aromatic carbocycles. The summed E-state index contributed by atoms with van der Waals surface area (Å²) in [6.07, 6.45) is 10.4. The van der Waals surface area contributed by atoms with Crippen molar-refractivity contribution >= 4 is 16.8 Å². The van der Waals surface area contributed by atoms with Gasteiger partial charge in [0.25, 0.3) is 5.91 Å². The Morgan fingerprint density at radius 2 is 1.65 bits per heavy atom. The van der Waals surface area contributed by atoms with Crippen LogP contribution < -0.4 is 4.74 Å². The van der Waals surface area contributed by atoms with Crippen molar-refractivity contribution in [1.29, 1.82) is 0 Å². The zero-order valence-corrected chi connectivity index (χ0v) is 18.9. The zero-order chi connectivity index (χ0) is 22.9. The van der Waals surface area contributed by atoms with Crippen molar-refractivity contribution in [2.75, 3.05) is 0 Å². The van der Waals surface area contributed by atoms with Crippen LogP contribution in [0.15, 0.2) is 79.3 Å². The highest BCUT2D eigenvalue weighted by atomic mass is 16.5. The van der Waals surface area contributed by atoms with Gasteiger partial charge in [-0.25, -0.2) is 9.97 Å². The third-order valence-corrected chi connectivity index (χ3v) is 7.14. The van der Waals surface area contributed by atoms with E-state index < -0.39 is 0 Å². The molecule has 2 atom stereocenters. The third kappa shape index (κ3) is 4.00. The number of piperidine rings is 1. The zero-order valence-electron chi connectivity index (χ0n) is 18.9. The normalized spacial score (nSPS) is 21.5. The molecule has 4 aromatic rings. The average molecular weight is 451 g/mol. The number of carbonyl (C=O) groups excluding carboxylic acids is 1. The van der Waals surface area contributed by atoms with Crippen molar-refractivity contribution in [3.05, 3.63) is 90.4 Å². The van der Waals surface area contributed by atoms with E-state index in [2.05, 4.69) is 44.1 Å². The standard InChI is InChI=1S/C28H26N4O2/c33-27(21-6-1-7-24(18-21)34-28-30-13-4-14-31-28)32-22-10-11-23(32)17-19(16-22)15-20-5-2-9-26-25(20)8-3-12-29-26/h1-9,12-14,18-19,22-23H,10-11,15-17H2. The lowest BCUT2D eigenvalue weighted by Gasteiger charge is -2.39. The van der Waals surface area contributed by atoms with Crippen LogP contribution in [-0.4, -0.2) is 37.8 Å². The van der Waals surface area contributed by atoms with Crippen molar-refractivity contribution in [3.8, 4) is 11.8 Å². The number of pyridine rings is 1. The fourth-order valence-electron chi connectivity index (χ4n) is 5.73. The maximum atomic E-state index is 13.5. The number of fused-ring (bicyclic) bond motifs is 3. The number of aromatic nitrogens is 3. The Hall–Kier alpha value is -3.80. The predicted molar refractivity (Wildman–Crippen MR) is 130 cm³/mol. The van der Waals surface area contributed by atoms with Gasteiger partial charge in [0.2, 0.25) is 0 Å². The average Bonchev–Trinajstić information content (AvgIpc) is 3.14. The van der Waals surface area contributed by atoms with Crippen LogP contribution >= 0.6 is 0 Å². The lowest BCUT2D eigenvalue weighted by molar-refractivity contribution is 0.0524. The number of nitrogens with zero attached hydrogens (tertiary/aromatic N) is 4. The summed E-state index contributed by atoms with van der Waals surface area (Å²) in [5.74, 6) is 1.25. The monoisotopic (exact) mass is 450 g/mol. The van der Waals surface area contributed by atoms with Crippen LogP contribution in [-0.2, 0) is 6.42 Å². The highest BCUT2D eigenvalue weighted by molar-refractivity contribution is 5.95. The summed E-state index contributed by atoms with van der Waals surface area (Å²) in [5, 5.41) is 1.25. The molecule has 2 unspecified atom stereocenters. The van der Waals surface area contributed by atoms with Gasteiger partial charge in [-0.3, -0.25) is 9.78 Å². The smallest absolute Gasteiger partial charge is 0.321 e. The molecule has 2 aliphatic heterocycles. The van der Waals surface area contributed by atoms with E-state index in [4.69, 9.17) is 4.74 Å². The fourth-order valence-corrected chi connectivity index (χ4v) is 5.73. The lowest BCUT2D eigenvalue weighted by Crippen LogP contribution is -2.46. The van der Waals surface area contributed by atoms with E-state index in [1.165, 1.54) is 10.9 Å². The number of hydrogen-bond acceptors (Lipinski definition) is 5. The summed E-state index contributed by atoms with van der Waals surface area (Å²) in [6.45, 7) is 0. The molecule has 1 amide bonds. The van der Waals surface area contributed by atoms with Crippen LogP contribution in [0.1, 0.15) is 41.6 Å². The third-order valence-electron chi connectivity index (χ3n) is 7.14. The number of amides is 1. The Labute approximate surface area is 198 Å². The minimum absolute atomic E-state index is 0.0970. The second-order valence-electron chi connectivity index (χ2n) is 9.29. The summed E-state index contributed by atoms with van der Waals surface area (Å²) < 4.78 is 5.75. The van der Waals surface area contributed by atoms with Crippen LogP contribution in [0.25, 0.3) is 10.9 Å². The number of benzene rings is 2. The molecule has 0 N–H and O–H groups in total. The summed E-state index contributed by atoms with van der Waals surface area (Å²) in [6, 6.07) is 20.5. The van der Waals surface area contributed by atoms with E-state index >= 15 is 0 Å². The Balaban J connectivity index is 1.17. The Bertz CT molecular complexity index is 1310. The van der Waals surface area contributed by atoms with Gasteiger partial charge in [0.15, 0.2) is 0 Å². The molecule has 6 heteroatoms. The van der Waals surface area contributed by atoms with Crippen molar-refractivity contribution in [2.24, 2.45) is 5.92 Å². The van der Waals surface area contributed by atoms with E-state index in [0.717, 1.165) is 37.6 Å². The van der Waals surface area contributed by atoms with Crippen molar-refractivity contribution in [2.45, 2.75) is 44.2 Å². The van der Waals surface area contributed by atoms with Gasteiger partial charge >= 0.3 is 6.01 Å². The van der Waals surface area contributed by atoms with Crippen LogP contribution in [0.5, 0.6) is 11.8 Å². The Morgan fingerprint density at radius 3 is 2.47 bits per heavy atom. The van der Waals surface area contributed by atoms with Gasteiger partial charge in [0.05, 0.1) is 5.52 Å². The molecule has 2 aliphatic rings. The SMILES string of the molecule is O=C(c1cccc(Oc2ncccn2)c1)N1C2CCC1CC(Cc1cccc3ncccc13)C2. The van der Waals surface area contributed by atoms with E-state index in [-0.39, 0.29) is 11.9 Å². The number of carbonyl (C=O) groups is 1. The van der Waals surface area contributed by atoms with E-state index in [9.17, 15) is 4.79 Å². The molecule has 6 nitrogen and oxygen atoms in total. The molecule has 0 saturated carbocycles. The highest BCUT2D eigenvalue weighted by Crippen LogP contribution is 2.41. The van der Waals surface area contributed by atoms with Gasteiger partial charge in [-0.05, 0) is 80.0 Å². The van der Waals surface area contributed by atoms with E-state index in [1.807, 2.05) is 30.5 Å². The number of hydrogen-bond donors (Lipinski definition) is 0. The van der Waals surface area contributed by atoms with Crippen LogP contribution in [0.3, 0.4) is 0 Å². The molecule has 0 radical (unpaired) electrons. The van der Waals surface area contributed by atoms with Crippen molar-refractivity contribution < 1.29 is 9.53 Å². The molecular weight excluding hydrogens is 424 g/mol. The topological polar surface area (TPSA) is 68.2 Å². The molecule has 170 valence electrons. The van der Waals surface area contributed by atoms with Gasteiger partial charge < -0.3 is 9.64 Å². The van der Waals surface area contributed by atoms with Gasteiger partial charge in [-0.1, -0.05) is 24.3 Å². The molecule has 2 saturated heterocycles. The maximum absolute atomic E-state index is 13.5. The van der Waals surface area contributed by atoms with Gasteiger partial charge in [-0.15, -0.1) is 0 Å². The summed E-state index contributed by atoms with van der Waals surface area (Å²) in [4.78, 5) is 28.4. The predicted octanol–water partition coefficient (Wildman–Crippen LogP) is 5.44. The first-order valence-electron chi connectivity index (χ1n) is 11.9. The van der Waals surface area contributed by atoms with Crippen LogP contribution in [0, 0.1) is 5.92 Å². The molecule has 2 bridgehead atoms. The van der Waals surface area contributed by atoms with Crippen molar-refractivity contribution in [1.82, 2.24) is 19.9 Å². The van der Waals surface area contributed by atoms with Crippen LogP contribution in [0.4, 0.5) is 0 Å². The largest absolute Gasteiger partial charge is 0.424 e. The number of ether oxygens (including phenoxy) is 1. The van der Waals surface area contributed by atoms with Gasteiger partial charge in [0.1, 0.15) is 5.75 Å². The molecule has 6 rings (SSSR count). The van der Waals surface area contributed by atoms with E-state index in [1.54, 1.807) is 24.5 Å². The second kappa shape index (κ2) is 8.86. The Morgan fingerprint density at radius 1 is 0.882 bits per heavy atom. The summed E-state index contributed by atoms with van der Waals surface area (Å²) in [7, 11) is 0. The van der Waals surface area contributed by atoms with E-state index in [0.29, 0.717) is 29.3 Å². The van der Waals surface area contributed by atoms with Crippen LogP contribution in [0.2, 0.25) is 0 Å². The molecule has 4 heterocycles. The molecule has 2 aromatic heterocycles. The first kappa shape index (κ1) is 20.8. The summed E-state index contributed by atoms with van der Waals surface area (Å²) >= 11 is 0. The molecule has 0 spiro atoms. The minimum Gasteiger partial charge on any atom is -0.424 e. The van der Waals surface area contributed by atoms with Crippen molar-refractivity contribution in [3.63, 3.8) is 0 Å². The molecule has 2 fully saturated rings. The Kier molecular flexibility index (Phi) is 5.41. The minimum atomic E-state index is 0.0970. The lowest BCUT2D eigenvalue weighted by atomic mass is 9.84. The second-order valence-corrected chi connectivity index (χ2v) is 9.29. The first-order valence-corrected chi connectivity index (χ1v) is 11.9. The fraction of sp³-hybridized carbons (Fsp3) is 0.286. The quantitative estimate of drug-likeness (QED) is 0.405. The highest BCUT2D eigenvalue weighted by Gasteiger charge is 2.43. The maximum Gasteiger partial charge on any atom is 0.321 e. The molecular formula is C28H26N4O2. The summed E-state index contributed by atoms with van der Waals surface area (Å²) in [5.41, 5.74) is 3.07. The molecule has 34 heavy (non-hydrogen) atoms.